The maximum atomic E-state index is 10.6. The Balaban J connectivity index is 4.95. The van der Waals surface area contributed by atoms with Crippen LogP contribution in [0.1, 0.15) is 12.8 Å². The minimum Gasteiger partial charge on any atom is -0.545 e. The maximum absolute atomic E-state index is 10.6. The smallest absolute Gasteiger partial charge is 0.0672 e. The van der Waals surface area contributed by atoms with E-state index in [-0.39, 0.29) is 24.0 Å². The number of carbonyl (C=O) groups excluding carboxylic acids is 3. The molecule has 98 valence electrons. The van der Waals surface area contributed by atoms with E-state index in [1.807, 2.05) is 0 Å². The molecular formula is C12H11O6-3. The Bertz CT molecular complexity index is 404. The van der Waals surface area contributed by atoms with Crippen LogP contribution in [-0.2, 0) is 14.4 Å². The van der Waals surface area contributed by atoms with Crippen molar-refractivity contribution < 1.29 is 29.7 Å². The molecular weight excluding hydrogens is 240 g/mol. The molecule has 0 saturated carbocycles. The maximum Gasteiger partial charge on any atom is 0.0672 e. The van der Waals surface area contributed by atoms with Crippen LogP contribution in [0, 0.1) is 5.92 Å². The highest BCUT2D eigenvalue weighted by molar-refractivity contribution is 5.88. The van der Waals surface area contributed by atoms with Crippen LogP contribution in [0.5, 0.6) is 0 Å². The molecule has 6 nitrogen and oxygen atoms in total. The van der Waals surface area contributed by atoms with Crippen LogP contribution in [0.15, 0.2) is 36.5 Å². The molecule has 6 heteroatoms. The first-order chi connectivity index (χ1) is 8.16. The summed E-state index contributed by atoms with van der Waals surface area (Å²) in [6.45, 7) is 9.57. The molecule has 0 unspecified atom stereocenters. The monoisotopic (exact) mass is 251 g/mol. The lowest BCUT2D eigenvalue weighted by atomic mass is 9.87. The van der Waals surface area contributed by atoms with E-state index >= 15 is 0 Å². The minimum absolute atomic E-state index is 0.318. The SMILES string of the molecule is C=C(CC(CC(=C)C(=O)[O-])C(=C)C(=O)[O-])C(=O)[O-]. The average molecular weight is 251 g/mol. The summed E-state index contributed by atoms with van der Waals surface area (Å²) in [7, 11) is 0. The van der Waals surface area contributed by atoms with Crippen LogP contribution in [0.2, 0.25) is 0 Å². The number of aliphatic carboxylic acids is 3. The highest BCUT2D eigenvalue weighted by Crippen LogP contribution is 2.24. The molecule has 0 aromatic carbocycles. The average Bonchev–Trinajstić information content (AvgIpc) is 2.26. The molecule has 0 fully saturated rings. The van der Waals surface area contributed by atoms with Crippen LogP contribution in [0.3, 0.4) is 0 Å². The zero-order chi connectivity index (χ0) is 14.5. The number of carboxylic acids is 3. The van der Waals surface area contributed by atoms with Gasteiger partial charge in [-0.05, 0) is 35.5 Å². The van der Waals surface area contributed by atoms with Gasteiger partial charge in [0.1, 0.15) is 0 Å². The fraction of sp³-hybridized carbons (Fsp3) is 0.250. The molecule has 0 aliphatic carbocycles. The Morgan fingerprint density at radius 1 is 0.778 bits per heavy atom. The van der Waals surface area contributed by atoms with Gasteiger partial charge >= 0.3 is 0 Å². The van der Waals surface area contributed by atoms with Crippen molar-refractivity contribution in [2.24, 2.45) is 5.92 Å². The van der Waals surface area contributed by atoms with Gasteiger partial charge in [0.15, 0.2) is 0 Å². The predicted octanol–water partition coefficient (Wildman–Crippen LogP) is -2.70. The standard InChI is InChI=1S/C12H14O6/c1-6(10(13)14)4-9(8(3)12(17)18)5-7(2)11(15)16/h9H,1-5H2,(H,13,14)(H,15,16)(H,17,18)/p-3. The zero-order valence-corrected chi connectivity index (χ0v) is 9.56. The number of hydrogen-bond donors (Lipinski definition) is 0. The molecule has 0 aliphatic rings. The molecule has 0 bridgehead atoms. The van der Waals surface area contributed by atoms with E-state index in [9.17, 15) is 29.7 Å². The molecule has 0 saturated heterocycles. The summed E-state index contributed by atoms with van der Waals surface area (Å²) in [5.41, 5.74) is -1.16. The van der Waals surface area contributed by atoms with Crippen molar-refractivity contribution >= 4 is 17.9 Å². The normalized spacial score (nSPS) is 9.83. The molecule has 0 radical (unpaired) electrons. The topological polar surface area (TPSA) is 120 Å². The van der Waals surface area contributed by atoms with E-state index in [2.05, 4.69) is 19.7 Å². The van der Waals surface area contributed by atoms with Gasteiger partial charge in [0.05, 0.1) is 17.9 Å². The van der Waals surface area contributed by atoms with Gasteiger partial charge in [-0.15, -0.1) is 0 Å². The van der Waals surface area contributed by atoms with E-state index in [1.54, 1.807) is 0 Å². The summed E-state index contributed by atoms with van der Waals surface area (Å²) in [5, 5.41) is 31.6. The third-order valence-corrected chi connectivity index (χ3v) is 2.32. The van der Waals surface area contributed by atoms with E-state index in [0.717, 1.165) is 0 Å². The third kappa shape index (κ3) is 4.65. The summed E-state index contributed by atoms with van der Waals surface area (Å²) in [4.78, 5) is 31.6. The Morgan fingerprint density at radius 3 is 1.33 bits per heavy atom. The Morgan fingerprint density at radius 2 is 1.11 bits per heavy atom. The largest absolute Gasteiger partial charge is 0.545 e. The number of rotatable bonds is 8. The van der Waals surface area contributed by atoms with Gasteiger partial charge in [0.2, 0.25) is 0 Å². The van der Waals surface area contributed by atoms with Crippen molar-refractivity contribution in [3.8, 4) is 0 Å². The molecule has 0 aliphatic heterocycles. The van der Waals surface area contributed by atoms with Crippen molar-refractivity contribution in [3.63, 3.8) is 0 Å². The number of carboxylic acid groups (broad SMARTS) is 3. The van der Waals surface area contributed by atoms with Crippen LogP contribution >= 0.6 is 0 Å². The Labute approximate surface area is 104 Å². The lowest BCUT2D eigenvalue weighted by Gasteiger charge is -2.23. The molecule has 0 aromatic heterocycles. The van der Waals surface area contributed by atoms with Crippen molar-refractivity contribution in [1.29, 1.82) is 0 Å². The molecule has 0 N–H and O–H groups in total. The summed E-state index contributed by atoms with van der Waals surface area (Å²) in [6, 6.07) is 0. The fourth-order valence-electron chi connectivity index (χ4n) is 1.25. The quantitative estimate of drug-likeness (QED) is 0.433. The minimum atomic E-state index is -1.60. The van der Waals surface area contributed by atoms with Gasteiger partial charge in [0.25, 0.3) is 0 Å². The second-order valence-electron chi connectivity index (χ2n) is 3.70. The van der Waals surface area contributed by atoms with E-state index < -0.39 is 29.4 Å². The molecule has 0 spiro atoms. The van der Waals surface area contributed by atoms with Gasteiger partial charge < -0.3 is 29.7 Å². The van der Waals surface area contributed by atoms with Gasteiger partial charge in [-0.25, -0.2) is 0 Å². The Kier molecular flexibility index (Phi) is 5.55. The van der Waals surface area contributed by atoms with Gasteiger partial charge in [-0.3, -0.25) is 0 Å². The lowest BCUT2D eigenvalue weighted by molar-refractivity contribution is -0.302. The van der Waals surface area contributed by atoms with Crippen molar-refractivity contribution in [3.05, 3.63) is 36.5 Å². The summed E-state index contributed by atoms with van der Waals surface area (Å²) in [5.74, 6) is -5.70. The molecule has 0 heterocycles. The van der Waals surface area contributed by atoms with Crippen LogP contribution in [-0.4, -0.2) is 17.9 Å². The second-order valence-corrected chi connectivity index (χ2v) is 3.70. The van der Waals surface area contributed by atoms with Crippen molar-refractivity contribution in [1.82, 2.24) is 0 Å². The van der Waals surface area contributed by atoms with Crippen LogP contribution in [0.4, 0.5) is 0 Å². The van der Waals surface area contributed by atoms with Crippen LogP contribution in [0.25, 0.3) is 0 Å². The molecule has 0 rings (SSSR count). The Hall–Kier alpha value is -2.37. The summed E-state index contributed by atoms with van der Waals surface area (Å²) >= 11 is 0. The highest BCUT2D eigenvalue weighted by atomic mass is 16.4. The first kappa shape index (κ1) is 15.6. The van der Waals surface area contributed by atoms with Crippen LogP contribution < -0.4 is 15.3 Å². The van der Waals surface area contributed by atoms with Crippen molar-refractivity contribution in [2.75, 3.05) is 0 Å². The molecule has 0 amide bonds. The first-order valence-electron chi connectivity index (χ1n) is 4.85. The highest BCUT2D eigenvalue weighted by Gasteiger charge is 2.17. The number of hydrogen-bond acceptors (Lipinski definition) is 6. The molecule has 18 heavy (non-hydrogen) atoms. The second kappa shape index (κ2) is 6.39. The van der Waals surface area contributed by atoms with E-state index in [0.29, 0.717) is 0 Å². The van der Waals surface area contributed by atoms with Gasteiger partial charge in [-0.1, -0.05) is 19.7 Å². The number of carbonyl (C=O) groups is 3. The van der Waals surface area contributed by atoms with E-state index in [4.69, 9.17) is 0 Å². The molecule has 0 aromatic rings. The lowest BCUT2D eigenvalue weighted by Crippen LogP contribution is -2.32. The third-order valence-electron chi connectivity index (χ3n) is 2.32. The van der Waals surface area contributed by atoms with E-state index in [1.165, 1.54) is 0 Å². The predicted molar refractivity (Wildman–Crippen MR) is 55.2 cm³/mol. The molecule has 0 atom stereocenters. The fourth-order valence-corrected chi connectivity index (χ4v) is 1.25. The van der Waals surface area contributed by atoms with Gasteiger partial charge in [-0.2, -0.15) is 0 Å². The summed E-state index contributed by atoms with van der Waals surface area (Å²) < 4.78 is 0. The van der Waals surface area contributed by atoms with Gasteiger partial charge in [0, 0.05) is 0 Å². The summed E-state index contributed by atoms with van der Waals surface area (Å²) in [6.07, 6.45) is -0.636. The first-order valence-corrected chi connectivity index (χ1v) is 4.85. The zero-order valence-electron chi connectivity index (χ0n) is 9.56. The van der Waals surface area contributed by atoms with Crippen molar-refractivity contribution in [2.45, 2.75) is 12.8 Å².